The standard InChI is InChI=1S/C16H11BrClFN2/c17-15(13-7-4-8-14(19)16(13)18)11-9-20-21(10-11)12-5-2-1-3-6-12/h1-10,15H. The fraction of sp³-hybridized carbons (Fsp3) is 0.0625. The first kappa shape index (κ1) is 14.3. The monoisotopic (exact) mass is 364 g/mol. The van der Waals surface area contributed by atoms with Crippen molar-refractivity contribution < 1.29 is 4.39 Å². The van der Waals surface area contributed by atoms with E-state index in [-0.39, 0.29) is 9.85 Å². The minimum absolute atomic E-state index is 0.131. The maximum atomic E-state index is 13.6. The number of alkyl halides is 1. The van der Waals surface area contributed by atoms with E-state index in [1.807, 2.05) is 36.5 Å². The first-order valence-electron chi connectivity index (χ1n) is 6.35. The zero-order valence-corrected chi connectivity index (χ0v) is 13.2. The quantitative estimate of drug-likeness (QED) is 0.587. The summed E-state index contributed by atoms with van der Waals surface area (Å²) in [4.78, 5) is -0.210. The van der Waals surface area contributed by atoms with E-state index >= 15 is 0 Å². The van der Waals surface area contributed by atoms with Crippen molar-refractivity contribution in [3.05, 3.63) is 82.9 Å². The molecule has 3 aromatic rings. The number of para-hydroxylation sites is 1. The van der Waals surface area contributed by atoms with Crippen LogP contribution in [-0.2, 0) is 0 Å². The number of hydrogen-bond acceptors (Lipinski definition) is 1. The van der Waals surface area contributed by atoms with Gasteiger partial charge in [-0.15, -0.1) is 0 Å². The van der Waals surface area contributed by atoms with Crippen LogP contribution in [0.3, 0.4) is 0 Å². The molecule has 0 bridgehead atoms. The first-order chi connectivity index (χ1) is 10.2. The van der Waals surface area contributed by atoms with Crippen molar-refractivity contribution >= 4 is 27.5 Å². The highest BCUT2D eigenvalue weighted by Gasteiger charge is 2.17. The van der Waals surface area contributed by atoms with Crippen LogP contribution in [0.15, 0.2) is 60.9 Å². The van der Waals surface area contributed by atoms with Crippen LogP contribution in [0.4, 0.5) is 4.39 Å². The summed E-state index contributed by atoms with van der Waals surface area (Å²) in [5.74, 6) is -0.422. The van der Waals surface area contributed by atoms with Gasteiger partial charge in [0.15, 0.2) is 0 Å². The lowest BCUT2D eigenvalue weighted by Gasteiger charge is -2.10. The fourth-order valence-corrected chi connectivity index (χ4v) is 3.07. The fourth-order valence-electron chi connectivity index (χ4n) is 2.09. The molecule has 0 radical (unpaired) electrons. The molecule has 1 unspecified atom stereocenters. The van der Waals surface area contributed by atoms with Gasteiger partial charge in [-0.2, -0.15) is 5.10 Å². The van der Waals surface area contributed by atoms with E-state index in [1.54, 1.807) is 23.0 Å². The predicted molar refractivity (Wildman–Crippen MR) is 85.7 cm³/mol. The van der Waals surface area contributed by atoms with Crippen LogP contribution in [0, 0.1) is 5.82 Å². The van der Waals surface area contributed by atoms with E-state index in [0.717, 1.165) is 11.3 Å². The largest absolute Gasteiger partial charge is 0.241 e. The third-order valence-corrected chi connectivity index (χ3v) is 4.59. The van der Waals surface area contributed by atoms with E-state index in [4.69, 9.17) is 11.6 Å². The minimum Gasteiger partial charge on any atom is -0.241 e. The van der Waals surface area contributed by atoms with E-state index in [2.05, 4.69) is 21.0 Å². The molecule has 21 heavy (non-hydrogen) atoms. The molecule has 0 saturated carbocycles. The third kappa shape index (κ3) is 2.87. The molecule has 0 aliphatic carbocycles. The molecule has 0 aliphatic heterocycles. The highest BCUT2D eigenvalue weighted by molar-refractivity contribution is 9.09. The van der Waals surface area contributed by atoms with Gasteiger partial charge in [-0.1, -0.05) is 57.9 Å². The molecule has 0 fully saturated rings. The Hall–Kier alpha value is -1.65. The van der Waals surface area contributed by atoms with Crippen molar-refractivity contribution in [3.63, 3.8) is 0 Å². The lowest BCUT2D eigenvalue weighted by molar-refractivity contribution is 0.626. The van der Waals surface area contributed by atoms with Crippen molar-refractivity contribution in [2.24, 2.45) is 0 Å². The van der Waals surface area contributed by atoms with E-state index in [9.17, 15) is 4.39 Å². The molecule has 2 aromatic carbocycles. The van der Waals surface area contributed by atoms with Crippen LogP contribution in [0.5, 0.6) is 0 Å². The second-order valence-corrected chi connectivity index (χ2v) is 5.85. The summed E-state index contributed by atoms with van der Waals surface area (Å²) in [5, 5.41) is 4.47. The SMILES string of the molecule is Fc1cccc(C(Br)c2cnn(-c3ccccc3)c2)c1Cl. The Labute approximate surface area is 135 Å². The molecule has 1 atom stereocenters. The number of rotatable bonds is 3. The zero-order chi connectivity index (χ0) is 14.8. The summed E-state index contributed by atoms with van der Waals surface area (Å²) >= 11 is 9.59. The summed E-state index contributed by atoms with van der Waals surface area (Å²) in [6.07, 6.45) is 3.64. The number of hydrogen-bond donors (Lipinski definition) is 0. The van der Waals surface area contributed by atoms with Crippen molar-refractivity contribution in [3.8, 4) is 5.69 Å². The van der Waals surface area contributed by atoms with Gasteiger partial charge in [-0.05, 0) is 23.8 Å². The highest BCUT2D eigenvalue weighted by atomic mass is 79.9. The van der Waals surface area contributed by atoms with E-state index < -0.39 is 5.82 Å². The lowest BCUT2D eigenvalue weighted by Crippen LogP contribution is -1.95. The Morgan fingerprint density at radius 1 is 1.10 bits per heavy atom. The molecule has 2 nitrogen and oxygen atoms in total. The van der Waals surface area contributed by atoms with Gasteiger partial charge in [-0.3, -0.25) is 0 Å². The predicted octanol–water partition coefficient (Wildman–Crippen LogP) is 5.15. The van der Waals surface area contributed by atoms with Crippen molar-refractivity contribution in [1.82, 2.24) is 9.78 Å². The smallest absolute Gasteiger partial charge is 0.142 e. The van der Waals surface area contributed by atoms with Gasteiger partial charge in [0.1, 0.15) is 5.82 Å². The average molecular weight is 366 g/mol. The van der Waals surface area contributed by atoms with Crippen molar-refractivity contribution in [2.75, 3.05) is 0 Å². The number of benzene rings is 2. The second kappa shape index (κ2) is 6.00. The maximum absolute atomic E-state index is 13.6. The molecule has 3 rings (SSSR count). The number of halogens is 3. The molecule has 5 heteroatoms. The van der Waals surface area contributed by atoms with Gasteiger partial charge < -0.3 is 0 Å². The molecule has 0 aliphatic rings. The molecule has 0 N–H and O–H groups in total. The Morgan fingerprint density at radius 2 is 1.86 bits per heavy atom. The van der Waals surface area contributed by atoms with Gasteiger partial charge in [0.2, 0.25) is 0 Å². The first-order valence-corrected chi connectivity index (χ1v) is 7.64. The summed E-state index contributed by atoms with van der Waals surface area (Å²) in [5.41, 5.74) is 2.56. The van der Waals surface area contributed by atoms with Gasteiger partial charge in [0.25, 0.3) is 0 Å². The number of aromatic nitrogens is 2. The Kier molecular flexibility index (Phi) is 4.08. The summed E-state index contributed by atoms with van der Waals surface area (Å²) in [7, 11) is 0. The second-order valence-electron chi connectivity index (χ2n) is 4.56. The van der Waals surface area contributed by atoms with Crippen LogP contribution in [-0.4, -0.2) is 9.78 Å². The van der Waals surface area contributed by atoms with Crippen molar-refractivity contribution in [2.45, 2.75) is 4.83 Å². The summed E-state index contributed by atoms with van der Waals surface area (Å²) in [6.45, 7) is 0. The van der Waals surface area contributed by atoms with E-state index in [1.165, 1.54) is 6.07 Å². The average Bonchev–Trinajstić information content (AvgIpc) is 3.00. The molecular formula is C16H11BrClFN2. The molecule has 0 amide bonds. The van der Waals surface area contributed by atoms with Gasteiger partial charge in [0, 0.05) is 11.8 Å². The van der Waals surface area contributed by atoms with Crippen LogP contribution in [0.1, 0.15) is 16.0 Å². The topological polar surface area (TPSA) is 17.8 Å². The number of nitrogens with zero attached hydrogens (tertiary/aromatic N) is 2. The minimum atomic E-state index is -0.422. The normalized spacial score (nSPS) is 12.3. The van der Waals surface area contributed by atoms with Crippen LogP contribution in [0.25, 0.3) is 5.69 Å². The molecular weight excluding hydrogens is 355 g/mol. The van der Waals surface area contributed by atoms with Crippen LogP contribution < -0.4 is 0 Å². The Morgan fingerprint density at radius 3 is 2.62 bits per heavy atom. The van der Waals surface area contributed by atoms with Gasteiger partial charge >= 0.3 is 0 Å². The molecule has 0 spiro atoms. The van der Waals surface area contributed by atoms with Gasteiger partial charge in [-0.25, -0.2) is 9.07 Å². The highest BCUT2D eigenvalue weighted by Crippen LogP contribution is 2.36. The molecule has 1 aromatic heterocycles. The van der Waals surface area contributed by atoms with Crippen molar-refractivity contribution in [1.29, 1.82) is 0 Å². The van der Waals surface area contributed by atoms with Gasteiger partial charge in [0.05, 0.1) is 21.7 Å². The lowest BCUT2D eigenvalue weighted by atomic mass is 10.1. The Bertz CT molecular complexity index is 758. The maximum Gasteiger partial charge on any atom is 0.142 e. The Balaban J connectivity index is 1.95. The summed E-state index contributed by atoms with van der Waals surface area (Å²) in [6, 6.07) is 14.6. The molecule has 106 valence electrons. The van der Waals surface area contributed by atoms with Crippen LogP contribution >= 0.6 is 27.5 Å². The summed E-state index contributed by atoms with van der Waals surface area (Å²) < 4.78 is 15.3. The zero-order valence-electron chi connectivity index (χ0n) is 10.9. The third-order valence-electron chi connectivity index (χ3n) is 3.17. The van der Waals surface area contributed by atoms with Crippen LogP contribution in [0.2, 0.25) is 5.02 Å². The molecule has 1 heterocycles. The molecule has 0 saturated heterocycles. The van der Waals surface area contributed by atoms with E-state index in [0.29, 0.717) is 5.56 Å².